The first-order chi connectivity index (χ1) is 12.5. The van der Waals surface area contributed by atoms with Gasteiger partial charge in [-0.1, -0.05) is 18.2 Å². The minimum absolute atomic E-state index is 0.141. The summed E-state index contributed by atoms with van der Waals surface area (Å²) in [6.45, 7) is 2.61. The van der Waals surface area contributed by atoms with Crippen LogP contribution in [0.25, 0.3) is 10.8 Å². The van der Waals surface area contributed by atoms with Crippen molar-refractivity contribution in [2.24, 2.45) is 14.1 Å². The number of piperazine rings is 1. The van der Waals surface area contributed by atoms with E-state index < -0.39 is 0 Å². The van der Waals surface area contributed by atoms with Crippen LogP contribution in [-0.4, -0.2) is 56.5 Å². The Morgan fingerprint density at radius 2 is 1.65 bits per heavy atom. The number of aryl methyl sites for hydroxylation is 2. The number of fused-ring (bicyclic) bond motifs is 1. The Morgan fingerprint density at radius 3 is 2.31 bits per heavy atom. The summed E-state index contributed by atoms with van der Waals surface area (Å²) in [5.74, 6) is 0.780. The Morgan fingerprint density at radius 1 is 0.962 bits per heavy atom. The molecule has 1 aliphatic rings. The van der Waals surface area contributed by atoms with Crippen LogP contribution >= 0.6 is 0 Å². The molecule has 0 atom stereocenters. The molecule has 1 fully saturated rings. The molecule has 0 unspecified atom stereocenters. The highest BCUT2D eigenvalue weighted by Crippen LogP contribution is 2.18. The van der Waals surface area contributed by atoms with E-state index in [0.29, 0.717) is 42.6 Å². The van der Waals surface area contributed by atoms with E-state index in [1.807, 2.05) is 25.4 Å². The Balaban J connectivity index is 1.59. The van der Waals surface area contributed by atoms with Crippen molar-refractivity contribution in [2.45, 2.75) is 0 Å². The lowest BCUT2D eigenvalue weighted by Gasteiger charge is -2.34. The lowest BCUT2D eigenvalue weighted by molar-refractivity contribution is 0.0740. The molecule has 134 valence electrons. The maximum Gasteiger partial charge on any atom is 0.275 e. The topological polar surface area (TPSA) is 76.3 Å². The molecule has 2 aromatic heterocycles. The second-order valence-electron chi connectivity index (χ2n) is 6.45. The van der Waals surface area contributed by atoms with Crippen molar-refractivity contribution in [1.82, 2.24) is 24.5 Å². The van der Waals surface area contributed by atoms with Crippen molar-refractivity contribution >= 4 is 22.5 Å². The van der Waals surface area contributed by atoms with Crippen molar-refractivity contribution in [3.05, 3.63) is 52.6 Å². The van der Waals surface area contributed by atoms with Gasteiger partial charge in [-0.2, -0.15) is 10.2 Å². The van der Waals surface area contributed by atoms with E-state index in [4.69, 9.17) is 0 Å². The number of nitrogens with zero attached hydrogens (tertiary/aromatic N) is 6. The average Bonchev–Trinajstić information content (AvgIpc) is 3.11. The van der Waals surface area contributed by atoms with Crippen molar-refractivity contribution < 1.29 is 4.79 Å². The molecule has 0 bridgehead atoms. The highest BCUT2D eigenvalue weighted by atomic mass is 16.2. The van der Waals surface area contributed by atoms with Crippen LogP contribution in [0.15, 0.2) is 41.3 Å². The number of carbonyl (C=O) groups excluding carboxylic acids is 1. The number of carbonyl (C=O) groups is 1. The van der Waals surface area contributed by atoms with E-state index in [9.17, 15) is 9.59 Å². The van der Waals surface area contributed by atoms with Crippen LogP contribution in [0.1, 0.15) is 10.5 Å². The van der Waals surface area contributed by atoms with Crippen LogP contribution in [0.4, 0.5) is 5.82 Å². The Kier molecular flexibility index (Phi) is 3.95. The summed E-state index contributed by atoms with van der Waals surface area (Å²) in [5, 5.41) is 9.77. The summed E-state index contributed by atoms with van der Waals surface area (Å²) < 4.78 is 3.01. The third-order valence-corrected chi connectivity index (χ3v) is 4.75. The quantitative estimate of drug-likeness (QED) is 0.676. The molecule has 0 N–H and O–H groups in total. The summed E-state index contributed by atoms with van der Waals surface area (Å²) in [6, 6.07) is 9.10. The fourth-order valence-corrected chi connectivity index (χ4v) is 3.32. The molecule has 8 heteroatoms. The molecule has 3 aromatic rings. The summed E-state index contributed by atoms with van der Waals surface area (Å²) in [6.07, 6.45) is 1.91. The monoisotopic (exact) mass is 352 g/mol. The summed E-state index contributed by atoms with van der Waals surface area (Å²) >= 11 is 0. The minimum atomic E-state index is -0.197. The first-order valence-corrected chi connectivity index (χ1v) is 8.54. The van der Waals surface area contributed by atoms with Crippen molar-refractivity contribution in [3.63, 3.8) is 0 Å². The number of hydrogen-bond donors (Lipinski definition) is 0. The molecule has 1 saturated heterocycles. The van der Waals surface area contributed by atoms with E-state index in [-0.39, 0.29) is 11.5 Å². The van der Waals surface area contributed by atoms with Gasteiger partial charge in [0.15, 0.2) is 11.5 Å². The van der Waals surface area contributed by atoms with E-state index >= 15 is 0 Å². The Bertz CT molecular complexity index is 1030. The third-order valence-electron chi connectivity index (χ3n) is 4.75. The second-order valence-corrected chi connectivity index (χ2v) is 6.45. The molecule has 0 saturated carbocycles. The van der Waals surface area contributed by atoms with Crippen LogP contribution in [0.3, 0.4) is 0 Å². The first kappa shape index (κ1) is 16.3. The van der Waals surface area contributed by atoms with E-state index in [1.165, 1.54) is 4.68 Å². The van der Waals surface area contributed by atoms with Crippen molar-refractivity contribution in [1.29, 1.82) is 0 Å². The van der Waals surface area contributed by atoms with Crippen LogP contribution in [-0.2, 0) is 14.1 Å². The van der Waals surface area contributed by atoms with Crippen LogP contribution in [0.5, 0.6) is 0 Å². The fraction of sp³-hybridized carbons (Fsp3) is 0.333. The number of anilines is 1. The molecule has 4 rings (SSSR count). The Hall–Kier alpha value is -3.16. The molecule has 0 aliphatic carbocycles. The van der Waals surface area contributed by atoms with E-state index in [0.717, 1.165) is 5.82 Å². The van der Waals surface area contributed by atoms with E-state index in [1.54, 1.807) is 34.8 Å². The van der Waals surface area contributed by atoms with Gasteiger partial charge in [0.1, 0.15) is 0 Å². The molecule has 8 nitrogen and oxygen atoms in total. The summed E-state index contributed by atoms with van der Waals surface area (Å²) in [7, 11) is 3.46. The minimum Gasteiger partial charge on any atom is -0.352 e. The van der Waals surface area contributed by atoms with Gasteiger partial charge in [0.2, 0.25) is 0 Å². The number of amides is 1. The lowest BCUT2D eigenvalue weighted by atomic mass is 10.1. The SMILES string of the molecule is Cn1ccc(N2CCN(C(=O)c3nn(C)c(=O)c4ccccc34)CC2)n1. The van der Waals surface area contributed by atoms with E-state index in [2.05, 4.69) is 15.1 Å². The zero-order valence-electron chi connectivity index (χ0n) is 14.8. The molecule has 0 spiro atoms. The van der Waals surface area contributed by atoms with Gasteiger partial charge in [0.05, 0.1) is 5.39 Å². The fourth-order valence-electron chi connectivity index (χ4n) is 3.32. The molecule has 3 heterocycles. The second kappa shape index (κ2) is 6.29. The average molecular weight is 352 g/mol. The molecule has 1 aliphatic heterocycles. The van der Waals surface area contributed by atoms with Gasteiger partial charge in [-0.05, 0) is 6.07 Å². The number of benzene rings is 1. The van der Waals surface area contributed by atoms with Gasteiger partial charge in [-0.25, -0.2) is 4.68 Å². The third kappa shape index (κ3) is 2.73. The van der Waals surface area contributed by atoms with Crippen LogP contribution < -0.4 is 10.5 Å². The molecule has 1 amide bonds. The molecular weight excluding hydrogens is 332 g/mol. The van der Waals surface area contributed by atoms with Crippen LogP contribution in [0, 0.1) is 0 Å². The Labute approximate surface area is 150 Å². The predicted octanol–water partition coefficient (Wildman–Crippen LogP) is 0.629. The standard InChI is InChI=1S/C18H20N6O2/c1-21-8-7-15(19-21)23-9-11-24(12-10-23)18(26)16-13-5-3-4-6-14(13)17(25)22(2)20-16/h3-8H,9-12H2,1-2H3. The predicted molar refractivity (Wildman–Crippen MR) is 98.3 cm³/mol. The zero-order chi connectivity index (χ0) is 18.3. The van der Waals surface area contributed by atoms with Gasteiger partial charge < -0.3 is 9.80 Å². The lowest BCUT2D eigenvalue weighted by Crippen LogP contribution is -2.49. The maximum absolute atomic E-state index is 13.0. The van der Waals surface area contributed by atoms with Gasteiger partial charge >= 0.3 is 0 Å². The highest BCUT2D eigenvalue weighted by molar-refractivity contribution is 6.04. The summed E-state index contributed by atoms with van der Waals surface area (Å²) in [5.41, 5.74) is 0.131. The van der Waals surface area contributed by atoms with Crippen molar-refractivity contribution in [3.8, 4) is 0 Å². The van der Waals surface area contributed by atoms with Crippen LogP contribution in [0.2, 0.25) is 0 Å². The first-order valence-electron chi connectivity index (χ1n) is 8.54. The zero-order valence-corrected chi connectivity index (χ0v) is 14.8. The summed E-state index contributed by atoms with van der Waals surface area (Å²) in [4.78, 5) is 29.2. The molecule has 26 heavy (non-hydrogen) atoms. The number of hydrogen-bond acceptors (Lipinski definition) is 5. The van der Waals surface area contributed by atoms with Gasteiger partial charge in [-0.3, -0.25) is 14.3 Å². The maximum atomic E-state index is 13.0. The molecule has 0 radical (unpaired) electrons. The van der Waals surface area contributed by atoms with Crippen molar-refractivity contribution in [2.75, 3.05) is 31.1 Å². The largest absolute Gasteiger partial charge is 0.352 e. The normalized spacial score (nSPS) is 14.8. The number of rotatable bonds is 2. The van der Waals surface area contributed by atoms with Gasteiger partial charge in [0.25, 0.3) is 11.5 Å². The molecular formula is C18H20N6O2. The highest BCUT2D eigenvalue weighted by Gasteiger charge is 2.26. The number of aromatic nitrogens is 4. The van der Waals surface area contributed by atoms with Gasteiger partial charge in [0, 0.05) is 57.9 Å². The molecule has 1 aromatic carbocycles. The van der Waals surface area contributed by atoms with Gasteiger partial charge in [-0.15, -0.1) is 0 Å². The smallest absolute Gasteiger partial charge is 0.275 e.